The highest BCUT2D eigenvalue weighted by molar-refractivity contribution is 4.65. The van der Waals surface area contributed by atoms with E-state index in [4.69, 9.17) is 0 Å². The van der Waals surface area contributed by atoms with E-state index in [9.17, 15) is 0 Å². The zero-order valence-corrected chi connectivity index (χ0v) is 29.4. The van der Waals surface area contributed by atoms with Gasteiger partial charge in [-0.1, -0.05) is 258 Å². The molecule has 0 spiro atoms. The third-order valence-corrected chi connectivity index (χ3v) is 9.52. The van der Waals surface area contributed by atoms with Gasteiger partial charge in [-0.3, -0.25) is 0 Å². The molecule has 0 nitrogen and oxygen atoms in total. The van der Waals surface area contributed by atoms with Crippen LogP contribution in [0.25, 0.3) is 0 Å². The standard InChI is InChI=1S/C41H83/c1-3-5-7-9-11-13-15-17-19-21-23-25-27-29-31-33-35-37-39-41-40-38-36-34-32-30-28-26-24-22-20-18-16-14-12-10-8-6-4-2/h39H,3-38,40-41H2,1-2H3. The van der Waals surface area contributed by atoms with Crippen LogP contribution < -0.4 is 0 Å². The summed E-state index contributed by atoms with van der Waals surface area (Å²) in [6, 6.07) is 0. The van der Waals surface area contributed by atoms with E-state index >= 15 is 0 Å². The second kappa shape index (κ2) is 40.0. The summed E-state index contributed by atoms with van der Waals surface area (Å²) < 4.78 is 0. The zero-order chi connectivity index (χ0) is 29.6. The summed E-state index contributed by atoms with van der Waals surface area (Å²) >= 11 is 0. The SMILES string of the molecule is CCCCCCCCCCCCCCCCCCC[CH]CCCCCCCCCCCCCCCCCCCCC. The molecule has 0 atom stereocenters. The summed E-state index contributed by atoms with van der Waals surface area (Å²) in [5.41, 5.74) is 0. The number of unbranched alkanes of at least 4 members (excludes halogenated alkanes) is 38. The predicted molar refractivity (Wildman–Crippen MR) is 191 cm³/mol. The van der Waals surface area contributed by atoms with E-state index in [0.717, 1.165) is 0 Å². The molecule has 0 aliphatic rings. The highest BCUT2D eigenvalue weighted by Crippen LogP contribution is 2.17. The summed E-state index contributed by atoms with van der Waals surface area (Å²) in [4.78, 5) is 0. The largest absolute Gasteiger partial charge is 0.0654 e. The highest BCUT2D eigenvalue weighted by atomic mass is 14.0. The minimum Gasteiger partial charge on any atom is -0.0654 e. The van der Waals surface area contributed by atoms with Gasteiger partial charge in [0, 0.05) is 0 Å². The average molecular weight is 576 g/mol. The van der Waals surface area contributed by atoms with Crippen LogP contribution in [0.4, 0.5) is 0 Å². The molecule has 0 heterocycles. The second-order valence-corrected chi connectivity index (χ2v) is 13.9. The molecule has 0 heteroatoms. The van der Waals surface area contributed by atoms with Gasteiger partial charge in [0.05, 0.1) is 0 Å². The summed E-state index contributed by atoms with van der Waals surface area (Å²) in [6.45, 7) is 4.62. The zero-order valence-electron chi connectivity index (χ0n) is 29.4. The monoisotopic (exact) mass is 576 g/mol. The van der Waals surface area contributed by atoms with Crippen LogP contribution in [-0.4, -0.2) is 0 Å². The average Bonchev–Trinajstić information content (AvgIpc) is 2.98. The predicted octanol–water partition coefficient (Wildman–Crippen LogP) is 16.1. The van der Waals surface area contributed by atoms with Gasteiger partial charge in [-0.25, -0.2) is 0 Å². The number of hydrogen-bond acceptors (Lipinski definition) is 0. The van der Waals surface area contributed by atoms with Crippen LogP contribution in [0.2, 0.25) is 0 Å². The topological polar surface area (TPSA) is 0 Å². The van der Waals surface area contributed by atoms with E-state index in [2.05, 4.69) is 20.3 Å². The van der Waals surface area contributed by atoms with Crippen molar-refractivity contribution >= 4 is 0 Å². The Labute approximate surface area is 263 Å². The summed E-state index contributed by atoms with van der Waals surface area (Å²) in [7, 11) is 0. The quantitative estimate of drug-likeness (QED) is 0.0642. The number of rotatable bonds is 38. The lowest BCUT2D eigenvalue weighted by Gasteiger charge is -2.05. The van der Waals surface area contributed by atoms with E-state index in [0.29, 0.717) is 0 Å². The van der Waals surface area contributed by atoms with Crippen LogP contribution in [0.5, 0.6) is 0 Å². The molecule has 0 aromatic rings. The molecule has 0 N–H and O–H groups in total. The molecule has 41 heavy (non-hydrogen) atoms. The molecule has 0 unspecified atom stereocenters. The molecule has 0 aliphatic heterocycles. The maximum atomic E-state index is 2.60. The third kappa shape index (κ3) is 40.0. The van der Waals surface area contributed by atoms with E-state index in [1.165, 1.54) is 244 Å². The Bertz CT molecular complexity index is 374. The third-order valence-electron chi connectivity index (χ3n) is 9.52. The van der Waals surface area contributed by atoms with Crippen molar-refractivity contribution in [1.29, 1.82) is 0 Å². The molecule has 0 amide bonds. The Morgan fingerprint density at radius 1 is 0.195 bits per heavy atom. The van der Waals surface area contributed by atoms with Gasteiger partial charge in [0.15, 0.2) is 0 Å². The first-order valence-corrected chi connectivity index (χ1v) is 20.2. The van der Waals surface area contributed by atoms with Crippen LogP contribution in [-0.2, 0) is 0 Å². The first-order chi connectivity index (χ1) is 20.4. The highest BCUT2D eigenvalue weighted by Gasteiger charge is 1.97. The van der Waals surface area contributed by atoms with Crippen molar-refractivity contribution in [1.82, 2.24) is 0 Å². The molecular weight excluding hydrogens is 492 g/mol. The first kappa shape index (κ1) is 41.0. The van der Waals surface area contributed by atoms with E-state index < -0.39 is 0 Å². The van der Waals surface area contributed by atoms with Gasteiger partial charge in [0.25, 0.3) is 0 Å². The van der Waals surface area contributed by atoms with Gasteiger partial charge in [-0.2, -0.15) is 0 Å². The van der Waals surface area contributed by atoms with Crippen molar-refractivity contribution in [2.24, 2.45) is 0 Å². The molecule has 0 saturated carbocycles. The van der Waals surface area contributed by atoms with Crippen LogP contribution in [0.1, 0.15) is 258 Å². The minimum atomic E-state index is 1.37. The van der Waals surface area contributed by atoms with Gasteiger partial charge in [0.2, 0.25) is 0 Å². The Hall–Kier alpha value is 0. The van der Waals surface area contributed by atoms with Crippen molar-refractivity contribution in [3.8, 4) is 0 Å². The van der Waals surface area contributed by atoms with Gasteiger partial charge >= 0.3 is 0 Å². The minimum absolute atomic E-state index is 1.37. The van der Waals surface area contributed by atoms with Crippen molar-refractivity contribution in [3.63, 3.8) is 0 Å². The Kier molecular flexibility index (Phi) is 40.0. The van der Waals surface area contributed by atoms with Crippen LogP contribution >= 0.6 is 0 Å². The molecule has 0 bridgehead atoms. The maximum Gasteiger partial charge on any atom is -0.0386 e. The Morgan fingerprint density at radius 3 is 0.512 bits per heavy atom. The van der Waals surface area contributed by atoms with Crippen molar-refractivity contribution in [2.45, 2.75) is 258 Å². The van der Waals surface area contributed by atoms with Gasteiger partial charge in [-0.05, 0) is 6.42 Å². The molecular formula is C41H83. The van der Waals surface area contributed by atoms with E-state index in [1.807, 2.05) is 0 Å². The molecule has 0 rings (SSSR count). The number of hydrogen-bond donors (Lipinski definition) is 0. The fraction of sp³-hybridized carbons (Fsp3) is 0.976. The molecule has 0 aliphatic carbocycles. The van der Waals surface area contributed by atoms with Crippen molar-refractivity contribution in [3.05, 3.63) is 6.42 Å². The van der Waals surface area contributed by atoms with Crippen LogP contribution in [0.15, 0.2) is 0 Å². The smallest absolute Gasteiger partial charge is 0.0386 e. The molecule has 0 fully saturated rings. The normalized spacial score (nSPS) is 11.6. The van der Waals surface area contributed by atoms with Crippen LogP contribution in [0, 0.1) is 6.42 Å². The molecule has 0 aromatic carbocycles. The Morgan fingerprint density at radius 2 is 0.341 bits per heavy atom. The summed E-state index contributed by atoms with van der Waals surface area (Å²) in [6.07, 6.45) is 58.4. The van der Waals surface area contributed by atoms with Crippen molar-refractivity contribution in [2.75, 3.05) is 0 Å². The van der Waals surface area contributed by atoms with Gasteiger partial charge < -0.3 is 0 Å². The molecule has 247 valence electrons. The Balaban J connectivity index is 3.02. The summed E-state index contributed by atoms with van der Waals surface area (Å²) in [5.74, 6) is 0. The molecule has 0 saturated heterocycles. The first-order valence-electron chi connectivity index (χ1n) is 20.2. The van der Waals surface area contributed by atoms with Crippen LogP contribution in [0.3, 0.4) is 0 Å². The fourth-order valence-electron chi connectivity index (χ4n) is 6.52. The van der Waals surface area contributed by atoms with Gasteiger partial charge in [0.1, 0.15) is 0 Å². The van der Waals surface area contributed by atoms with E-state index in [-0.39, 0.29) is 0 Å². The second-order valence-electron chi connectivity index (χ2n) is 13.9. The molecule has 1 radical (unpaired) electrons. The van der Waals surface area contributed by atoms with Gasteiger partial charge in [-0.15, -0.1) is 0 Å². The maximum absolute atomic E-state index is 2.60. The lowest BCUT2D eigenvalue weighted by Crippen LogP contribution is -1.85. The molecule has 0 aromatic heterocycles. The fourth-order valence-corrected chi connectivity index (χ4v) is 6.52. The van der Waals surface area contributed by atoms with Crippen molar-refractivity contribution < 1.29 is 0 Å². The lowest BCUT2D eigenvalue weighted by molar-refractivity contribution is 0.521. The summed E-state index contributed by atoms with van der Waals surface area (Å²) in [5, 5.41) is 0. The lowest BCUT2D eigenvalue weighted by atomic mass is 10.0. The van der Waals surface area contributed by atoms with E-state index in [1.54, 1.807) is 0 Å².